The number of fused-ring (bicyclic) bond motifs is 3. The molecule has 0 radical (unpaired) electrons. The largest absolute Gasteiger partial charge is 0.352 e. The number of nitrogens with one attached hydrogen (secondary N) is 2. The lowest BCUT2D eigenvalue weighted by molar-refractivity contribution is -0.125. The van der Waals surface area contributed by atoms with E-state index in [1.807, 2.05) is 84.9 Å². The summed E-state index contributed by atoms with van der Waals surface area (Å²) in [6, 6.07) is 26.1. The molecule has 0 saturated carbocycles. The number of aliphatic imine (C=N–C) groups is 2. The molecule has 0 fully saturated rings. The van der Waals surface area contributed by atoms with Gasteiger partial charge in [-0.2, -0.15) is 0 Å². The molecule has 3 amide bonds. The average Bonchev–Trinajstić information content (AvgIpc) is 3.30. The molecule has 38 heavy (non-hydrogen) atoms. The van der Waals surface area contributed by atoms with Gasteiger partial charge < -0.3 is 10.6 Å². The summed E-state index contributed by atoms with van der Waals surface area (Å²) in [5, 5.41) is 6.21. The van der Waals surface area contributed by atoms with Gasteiger partial charge in [-0.05, 0) is 29.7 Å². The summed E-state index contributed by atoms with van der Waals surface area (Å²) < 4.78 is 0. The molecule has 5 rings (SSSR count). The minimum absolute atomic E-state index is 0.109. The molecule has 1 atom stereocenters. The predicted octanol–water partition coefficient (Wildman–Crippen LogP) is 3.79. The quantitative estimate of drug-likeness (QED) is 0.444. The van der Waals surface area contributed by atoms with Crippen LogP contribution in [0.2, 0.25) is 0 Å². The van der Waals surface area contributed by atoms with Crippen molar-refractivity contribution in [1.29, 1.82) is 0 Å². The monoisotopic (exact) mass is 525 g/mol. The summed E-state index contributed by atoms with van der Waals surface area (Å²) in [4.78, 5) is 49.2. The van der Waals surface area contributed by atoms with Gasteiger partial charge in [0.05, 0.1) is 11.4 Å². The van der Waals surface area contributed by atoms with Crippen LogP contribution in [0.1, 0.15) is 29.5 Å². The molecule has 0 unspecified atom stereocenters. The zero-order valence-electron chi connectivity index (χ0n) is 20.7. The van der Waals surface area contributed by atoms with Gasteiger partial charge in [-0.3, -0.25) is 19.4 Å². The molecule has 2 N–H and O–H groups in total. The zero-order chi connectivity index (χ0) is 26.3. The lowest BCUT2D eigenvalue weighted by Gasteiger charge is -2.25. The Kier molecular flexibility index (Phi) is 7.94. The minimum Gasteiger partial charge on any atom is -0.352 e. The van der Waals surface area contributed by atoms with Gasteiger partial charge in [0.25, 0.3) is 5.91 Å². The first kappa shape index (κ1) is 25.4. The standard InChI is InChI=1S/C29H27N5O3S/c35-25(30-17-20-9-3-1-4-10-20)16-15-24-28(37)34-27(32-24)22-13-7-8-14-23(22)33-29(34)38-19-26(36)31-18-21-11-5-2-6-12-21/h1-14,24H,15-19H2,(H,30,35)(H,31,36)/t24-/m1/s1. The molecule has 2 aliphatic rings. The first-order valence-electron chi connectivity index (χ1n) is 12.4. The maximum absolute atomic E-state index is 13.4. The van der Waals surface area contributed by atoms with E-state index in [0.29, 0.717) is 29.8 Å². The molecule has 2 heterocycles. The number of benzene rings is 3. The first-order chi connectivity index (χ1) is 18.6. The molecule has 192 valence electrons. The topological polar surface area (TPSA) is 103 Å². The van der Waals surface area contributed by atoms with E-state index >= 15 is 0 Å². The smallest absolute Gasteiger partial charge is 0.259 e. The maximum atomic E-state index is 13.4. The Morgan fingerprint density at radius 3 is 2.11 bits per heavy atom. The van der Waals surface area contributed by atoms with E-state index < -0.39 is 6.04 Å². The molecule has 3 aromatic rings. The van der Waals surface area contributed by atoms with Gasteiger partial charge in [0.15, 0.2) is 5.17 Å². The fraction of sp³-hybridized carbons (Fsp3) is 0.207. The van der Waals surface area contributed by atoms with Crippen LogP contribution in [0.15, 0.2) is 94.9 Å². The number of para-hydroxylation sites is 1. The van der Waals surface area contributed by atoms with Gasteiger partial charge in [-0.15, -0.1) is 0 Å². The predicted molar refractivity (Wildman–Crippen MR) is 149 cm³/mol. The van der Waals surface area contributed by atoms with Crippen LogP contribution in [0.25, 0.3) is 0 Å². The SMILES string of the molecule is O=C(CC[C@H]1N=C2c3ccccc3N=C(SCC(=O)NCc3ccccc3)N2C1=O)NCc1ccccc1. The van der Waals surface area contributed by atoms with E-state index in [9.17, 15) is 14.4 Å². The van der Waals surface area contributed by atoms with Crippen LogP contribution in [0.4, 0.5) is 5.69 Å². The number of nitrogens with zero attached hydrogens (tertiary/aromatic N) is 3. The van der Waals surface area contributed by atoms with Crippen LogP contribution in [-0.4, -0.2) is 45.4 Å². The third kappa shape index (κ3) is 6.00. The third-order valence-corrected chi connectivity index (χ3v) is 7.13. The van der Waals surface area contributed by atoms with Gasteiger partial charge in [0.2, 0.25) is 11.8 Å². The van der Waals surface area contributed by atoms with E-state index in [1.54, 1.807) is 0 Å². The van der Waals surface area contributed by atoms with Crippen molar-refractivity contribution < 1.29 is 14.4 Å². The van der Waals surface area contributed by atoms with E-state index in [2.05, 4.69) is 15.6 Å². The number of thioether (sulfide) groups is 1. The minimum atomic E-state index is -0.684. The highest BCUT2D eigenvalue weighted by Crippen LogP contribution is 2.34. The average molecular weight is 526 g/mol. The Hall–Kier alpha value is -4.24. The lowest BCUT2D eigenvalue weighted by atomic mass is 10.1. The van der Waals surface area contributed by atoms with Crippen molar-refractivity contribution in [2.24, 2.45) is 9.98 Å². The van der Waals surface area contributed by atoms with Crippen molar-refractivity contribution >= 4 is 46.2 Å². The molecule has 0 spiro atoms. The summed E-state index contributed by atoms with van der Waals surface area (Å²) in [6.45, 7) is 0.866. The number of carbonyl (C=O) groups excluding carboxylic acids is 3. The van der Waals surface area contributed by atoms with Crippen molar-refractivity contribution in [3.8, 4) is 0 Å². The second kappa shape index (κ2) is 11.9. The van der Waals surface area contributed by atoms with Crippen molar-refractivity contribution in [2.75, 3.05) is 5.75 Å². The fourth-order valence-corrected chi connectivity index (χ4v) is 5.05. The number of amides is 3. The van der Waals surface area contributed by atoms with Crippen molar-refractivity contribution in [2.45, 2.75) is 32.0 Å². The summed E-state index contributed by atoms with van der Waals surface area (Å²) in [6.07, 6.45) is 0.466. The highest BCUT2D eigenvalue weighted by atomic mass is 32.2. The van der Waals surface area contributed by atoms with E-state index in [4.69, 9.17) is 4.99 Å². The van der Waals surface area contributed by atoms with E-state index in [-0.39, 0.29) is 36.3 Å². The number of rotatable bonds is 9. The lowest BCUT2D eigenvalue weighted by Crippen LogP contribution is -2.41. The summed E-state index contributed by atoms with van der Waals surface area (Å²) in [5.41, 5.74) is 3.48. The Balaban J connectivity index is 1.22. The number of hydrogen-bond donors (Lipinski definition) is 2. The summed E-state index contributed by atoms with van der Waals surface area (Å²) in [7, 11) is 0. The van der Waals surface area contributed by atoms with Crippen LogP contribution in [0.5, 0.6) is 0 Å². The van der Waals surface area contributed by atoms with E-state index in [1.165, 1.54) is 16.7 Å². The molecule has 9 heteroatoms. The highest BCUT2D eigenvalue weighted by Gasteiger charge is 2.41. The van der Waals surface area contributed by atoms with Crippen molar-refractivity contribution in [1.82, 2.24) is 15.5 Å². The fourth-order valence-electron chi connectivity index (χ4n) is 4.22. The van der Waals surface area contributed by atoms with Crippen molar-refractivity contribution in [3.63, 3.8) is 0 Å². The number of amidine groups is 2. The van der Waals surface area contributed by atoms with Crippen LogP contribution in [0, 0.1) is 0 Å². The maximum Gasteiger partial charge on any atom is 0.259 e. The Morgan fingerprint density at radius 1 is 0.816 bits per heavy atom. The molecule has 0 aromatic heterocycles. The second-order valence-corrected chi connectivity index (χ2v) is 9.85. The van der Waals surface area contributed by atoms with E-state index in [0.717, 1.165) is 16.7 Å². The van der Waals surface area contributed by atoms with Crippen molar-refractivity contribution in [3.05, 3.63) is 102 Å². The van der Waals surface area contributed by atoms with Gasteiger partial charge in [-0.25, -0.2) is 9.89 Å². The molecule has 2 aliphatic heterocycles. The normalized spacial score (nSPS) is 15.7. The molecule has 0 saturated heterocycles. The second-order valence-electron chi connectivity index (χ2n) is 8.91. The van der Waals surface area contributed by atoms with Crippen LogP contribution >= 0.6 is 11.8 Å². The van der Waals surface area contributed by atoms with Crippen LogP contribution < -0.4 is 10.6 Å². The number of hydrogen-bond acceptors (Lipinski definition) is 6. The highest BCUT2D eigenvalue weighted by molar-refractivity contribution is 8.14. The molecular formula is C29H27N5O3S. The molecule has 3 aromatic carbocycles. The van der Waals surface area contributed by atoms with Crippen LogP contribution in [-0.2, 0) is 27.5 Å². The van der Waals surface area contributed by atoms with Crippen LogP contribution in [0.3, 0.4) is 0 Å². The Labute approximate surface area is 225 Å². The zero-order valence-corrected chi connectivity index (χ0v) is 21.5. The third-order valence-electron chi connectivity index (χ3n) is 6.19. The molecule has 8 nitrogen and oxygen atoms in total. The summed E-state index contributed by atoms with van der Waals surface area (Å²) in [5.74, 6) is 0.101. The molecule has 0 aliphatic carbocycles. The Bertz CT molecular complexity index is 1390. The number of carbonyl (C=O) groups is 3. The molecule has 0 bridgehead atoms. The summed E-state index contributed by atoms with van der Waals surface area (Å²) >= 11 is 1.20. The first-order valence-corrected chi connectivity index (χ1v) is 13.4. The molecular weight excluding hydrogens is 498 g/mol. The van der Waals surface area contributed by atoms with Gasteiger partial charge in [0.1, 0.15) is 11.9 Å². The Morgan fingerprint density at radius 2 is 1.42 bits per heavy atom. The van der Waals surface area contributed by atoms with Gasteiger partial charge in [-0.1, -0.05) is 84.6 Å². The van der Waals surface area contributed by atoms with Gasteiger partial charge in [0, 0.05) is 25.1 Å². The van der Waals surface area contributed by atoms with Gasteiger partial charge >= 0.3 is 0 Å².